The number of ether oxygens (including phenoxy) is 1. The molecule has 2 aromatic carbocycles. The van der Waals surface area contributed by atoms with E-state index in [1.165, 1.54) is 11.1 Å². The third-order valence-electron chi connectivity index (χ3n) is 3.29. The normalized spacial score (nSPS) is 12.1. The van der Waals surface area contributed by atoms with Crippen molar-refractivity contribution in [3.05, 3.63) is 65.7 Å². The summed E-state index contributed by atoms with van der Waals surface area (Å²) >= 11 is 0. The molecular weight excluding hydrogens is 234 g/mol. The van der Waals surface area contributed by atoms with Gasteiger partial charge >= 0.3 is 0 Å². The molecule has 2 nitrogen and oxygen atoms in total. The van der Waals surface area contributed by atoms with Gasteiger partial charge in [-0.1, -0.05) is 49.4 Å². The van der Waals surface area contributed by atoms with Crippen LogP contribution < -0.4 is 10.1 Å². The highest BCUT2D eigenvalue weighted by atomic mass is 16.5. The van der Waals surface area contributed by atoms with E-state index in [1.54, 1.807) is 0 Å². The molecule has 0 bridgehead atoms. The first-order valence-corrected chi connectivity index (χ1v) is 6.77. The van der Waals surface area contributed by atoms with Gasteiger partial charge in [-0.15, -0.1) is 0 Å². The van der Waals surface area contributed by atoms with Crippen LogP contribution >= 0.6 is 0 Å². The maximum Gasteiger partial charge on any atom is 0.119 e. The summed E-state index contributed by atoms with van der Waals surface area (Å²) in [5.41, 5.74) is 2.49. The van der Waals surface area contributed by atoms with Gasteiger partial charge in [0, 0.05) is 6.04 Å². The Balaban J connectivity index is 1.95. The summed E-state index contributed by atoms with van der Waals surface area (Å²) in [7, 11) is 1.99. The number of nitrogens with one attached hydrogen (secondary N) is 1. The predicted molar refractivity (Wildman–Crippen MR) is 79.3 cm³/mol. The van der Waals surface area contributed by atoms with E-state index >= 15 is 0 Å². The fourth-order valence-electron chi connectivity index (χ4n) is 2.14. The van der Waals surface area contributed by atoms with Crippen LogP contribution in [0.25, 0.3) is 0 Å². The van der Waals surface area contributed by atoms with Crippen molar-refractivity contribution in [2.75, 3.05) is 7.05 Å². The summed E-state index contributed by atoms with van der Waals surface area (Å²) in [4.78, 5) is 0. The highest BCUT2D eigenvalue weighted by Crippen LogP contribution is 2.20. The molecule has 0 fully saturated rings. The summed E-state index contributed by atoms with van der Waals surface area (Å²) in [6.45, 7) is 2.80. The first-order valence-electron chi connectivity index (χ1n) is 6.77. The molecule has 0 aromatic heterocycles. The summed E-state index contributed by atoms with van der Waals surface area (Å²) < 4.78 is 5.77. The van der Waals surface area contributed by atoms with Gasteiger partial charge in [0.25, 0.3) is 0 Å². The molecule has 0 radical (unpaired) electrons. The monoisotopic (exact) mass is 255 g/mol. The van der Waals surface area contributed by atoms with E-state index in [9.17, 15) is 0 Å². The molecule has 100 valence electrons. The Morgan fingerprint density at radius 1 is 1.00 bits per heavy atom. The van der Waals surface area contributed by atoms with Crippen molar-refractivity contribution in [1.82, 2.24) is 5.32 Å². The lowest BCUT2D eigenvalue weighted by Gasteiger charge is -2.14. The van der Waals surface area contributed by atoms with Crippen LogP contribution in [-0.2, 0) is 6.61 Å². The molecule has 1 N–H and O–H groups in total. The van der Waals surface area contributed by atoms with E-state index in [-0.39, 0.29) is 0 Å². The van der Waals surface area contributed by atoms with Crippen LogP contribution in [0.1, 0.15) is 30.5 Å². The topological polar surface area (TPSA) is 21.3 Å². The van der Waals surface area contributed by atoms with Gasteiger partial charge in [0.2, 0.25) is 0 Å². The minimum atomic E-state index is 0.420. The van der Waals surface area contributed by atoms with E-state index in [2.05, 4.69) is 36.5 Å². The van der Waals surface area contributed by atoms with Crippen molar-refractivity contribution in [1.29, 1.82) is 0 Å². The fourth-order valence-corrected chi connectivity index (χ4v) is 2.14. The molecule has 0 aliphatic rings. The van der Waals surface area contributed by atoms with Crippen LogP contribution in [0.5, 0.6) is 5.75 Å². The van der Waals surface area contributed by atoms with Crippen LogP contribution in [0, 0.1) is 0 Å². The molecule has 0 amide bonds. The molecule has 0 unspecified atom stereocenters. The number of hydrogen-bond acceptors (Lipinski definition) is 2. The molecule has 2 aromatic rings. The molecule has 0 spiro atoms. The van der Waals surface area contributed by atoms with Crippen LogP contribution in [-0.4, -0.2) is 7.05 Å². The second-order valence-electron chi connectivity index (χ2n) is 4.59. The van der Waals surface area contributed by atoms with Crippen LogP contribution in [0.3, 0.4) is 0 Å². The van der Waals surface area contributed by atoms with E-state index in [1.807, 2.05) is 37.4 Å². The van der Waals surface area contributed by atoms with Gasteiger partial charge in [0.05, 0.1) is 0 Å². The van der Waals surface area contributed by atoms with Gasteiger partial charge in [-0.3, -0.25) is 0 Å². The molecule has 2 rings (SSSR count). The van der Waals surface area contributed by atoms with Crippen LogP contribution in [0.15, 0.2) is 54.6 Å². The van der Waals surface area contributed by atoms with Crippen LogP contribution in [0.2, 0.25) is 0 Å². The SMILES string of the molecule is CC[C@H](NC)c1ccc(OCc2ccccc2)cc1. The Bertz CT molecular complexity index is 474. The molecule has 19 heavy (non-hydrogen) atoms. The van der Waals surface area contributed by atoms with E-state index < -0.39 is 0 Å². The Hall–Kier alpha value is -1.80. The average Bonchev–Trinajstić information content (AvgIpc) is 2.49. The van der Waals surface area contributed by atoms with Gasteiger partial charge in [-0.05, 0) is 36.7 Å². The Kier molecular flexibility index (Phi) is 4.99. The number of rotatable bonds is 6. The maximum atomic E-state index is 5.77. The Labute approximate surface area is 115 Å². The average molecular weight is 255 g/mol. The maximum absolute atomic E-state index is 5.77. The third kappa shape index (κ3) is 3.83. The van der Waals surface area contributed by atoms with Crippen LogP contribution in [0.4, 0.5) is 0 Å². The molecule has 0 heterocycles. The first-order chi connectivity index (χ1) is 9.33. The van der Waals surface area contributed by atoms with Gasteiger partial charge in [0.15, 0.2) is 0 Å². The van der Waals surface area contributed by atoms with Gasteiger partial charge < -0.3 is 10.1 Å². The highest BCUT2D eigenvalue weighted by Gasteiger charge is 2.05. The van der Waals surface area contributed by atoms with Gasteiger partial charge in [-0.25, -0.2) is 0 Å². The summed E-state index contributed by atoms with van der Waals surface area (Å²) in [5.74, 6) is 0.915. The van der Waals surface area contributed by atoms with Gasteiger partial charge in [0.1, 0.15) is 12.4 Å². The second kappa shape index (κ2) is 6.95. The third-order valence-corrected chi connectivity index (χ3v) is 3.29. The minimum Gasteiger partial charge on any atom is -0.489 e. The summed E-state index contributed by atoms with van der Waals surface area (Å²) in [6.07, 6.45) is 1.08. The standard InChI is InChI=1S/C17H21NO/c1-3-17(18-2)15-9-11-16(12-10-15)19-13-14-7-5-4-6-8-14/h4-12,17-18H,3,13H2,1-2H3/t17-/m0/s1. The van der Waals surface area contributed by atoms with Crippen molar-refractivity contribution in [2.24, 2.45) is 0 Å². The molecule has 0 saturated heterocycles. The lowest BCUT2D eigenvalue weighted by molar-refractivity contribution is 0.306. The number of benzene rings is 2. The Morgan fingerprint density at radius 2 is 1.68 bits per heavy atom. The second-order valence-corrected chi connectivity index (χ2v) is 4.59. The van der Waals surface area contributed by atoms with E-state index in [0.29, 0.717) is 12.6 Å². The van der Waals surface area contributed by atoms with Crippen molar-refractivity contribution >= 4 is 0 Å². The van der Waals surface area contributed by atoms with E-state index in [0.717, 1.165) is 12.2 Å². The molecule has 0 aliphatic carbocycles. The van der Waals surface area contributed by atoms with Crippen molar-refractivity contribution in [3.63, 3.8) is 0 Å². The fraction of sp³-hybridized carbons (Fsp3) is 0.294. The van der Waals surface area contributed by atoms with Crippen molar-refractivity contribution < 1.29 is 4.74 Å². The zero-order chi connectivity index (χ0) is 13.5. The molecule has 0 saturated carbocycles. The zero-order valence-electron chi connectivity index (χ0n) is 11.6. The summed E-state index contributed by atoms with van der Waals surface area (Å²) in [5, 5.41) is 3.30. The predicted octanol–water partition coefficient (Wildman–Crippen LogP) is 3.94. The zero-order valence-corrected chi connectivity index (χ0v) is 11.6. The van der Waals surface area contributed by atoms with E-state index in [4.69, 9.17) is 4.74 Å². The lowest BCUT2D eigenvalue weighted by atomic mass is 10.0. The molecule has 0 aliphatic heterocycles. The number of hydrogen-bond donors (Lipinski definition) is 1. The quantitative estimate of drug-likeness (QED) is 0.844. The molecule has 2 heteroatoms. The summed E-state index contributed by atoms with van der Waals surface area (Å²) in [6, 6.07) is 19.0. The van der Waals surface area contributed by atoms with Crippen molar-refractivity contribution in [3.8, 4) is 5.75 Å². The lowest BCUT2D eigenvalue weighted by Crippen LogP contribution is -2.14. The Morgan fingerprint density at radius 3 is 2.26 bits per heavy atom. The first kappa shape index (κ1) is 13.6. The smallest absolute Gasteiger partial charge is 0.119 e. The highest BCUT2D eigenvalue weighted by molar-refractivity contribution is 5.29. The van der Waals surface area contributed by atoms with Crippen molar-refractivity contribution in [2.45, 2.75) is 26.0 Å². The minimum absolute atomic E-state index is 0.420. The molecule has 1 atom stereocenters. The molecular formula is C17H21NO. The van der Waals surface area contributed by atoms with Gasteiger partial charge in [-0.2, -0.15) is 0 Å². The largest absolute Gasteiger partial charge is 0.489 e.